The quantitative estimate of drug-likeness (QED) is 0.600. The van der Waals surface area contributed by atoms with Crippen LogP contribution in [0.15, 0.2) is 24.3 Å². The Bertz CT molecular complexity index is 430. The van der Waals surface area contributed by atoms with E-state index in [4.69, 9.17) is 4.74 Å². The molecule has 0 atom stereocenters. The molecule has 0 N–H and O–H groups in total. The van der Waals surface area contributed by atoms with Gasteiger partial charge in [0.1, 0.15) is 5.75 Å². The Balaban J connectivity index is 3.00. The molecule has 1 rings (SSSR count). The van der Waals surface area contributed by atoms with Crippen molar-refractivity contribution < 1.29 is 27.1 Å². The molecule has 6 heteroatoms. The van der Waals surface area contributed by atoms with E-state index < -0.39 is 23.7 Å². The van der Waals surface area contributed by atoms with Gasteiger partial charge in [-0.2, -0.15) is 8.78 Å². The third-order valence-corrected chi connectivity index (χ3v) is 2.04. The van der Waals surface area contributed by atoms with Crippen LogP contribution >= 0.6 is 0 Å². The maximum Gasteiger partial charge on any atom is 0.368 e. The molecule has 0 heterocycles. The first-order valence-corrected chi connectivity index (χ1v) is 5.22. The summed E-state index contributed by atoms with van der Waals surface area (Å²) in [5, 5.41) is 0. The molecular weight excluding hydrogens is 252 g/mol. The number of halogens is 4. The van der Waals surface area contributed by atoms with Gasteiger partial charge in [0.2, 0.25) is 5.78 Å². The lowest BCUT2D eigenvalue weighted by atomic mass is 10.1. The van der Waals surface area contributed by atoms with Gasteiger partial charge in [-0.25, -0.2) is 8.78 Å². The second-order valence-electron chi connectivity index (χ2n) is 3.95. The number of carbonyl (C=O) groups excluding carboxylic acids is 1. The summed E-state index contributed by atoms with van der Waals surface area (Å²) < 4.78 is 55.1. The number of ether oxygens (including phenoxy) is 1. The monoisotopic (exact) mass is 264 g/mol. The van der Waals surface area contributed by atoms with Crippen molar-refractivity contribution >= 4 is 5.78 Å². The number of alkyl halides is 4. The fourth-order valence-electron chi connectivity index (χ4n) is 1.27. The van der Waals surface area contributed by atoms with Crippen LogP contribution in [0.4, 0.5) is 17.6 Å². The van der Waals surface area contributed by atoms with Crippen molar-refractivity contribution in [3.05, 3.63) is 29.8 Å². The van der Waals surface area contributed by atoms with Gasteiger partial charge in [-0.1, -0.05) is 12.1 Å². The van der Waals surface area contributed by atoms with Crippen LogP contribution in [-0.4, -0.2) is 24.2 Å². The van der Waals surface area contributed by atoms with Gasteiger partial charge in [-0.15, -0.1) is 0 Å². The topological polar surface area (TPSA) is 26.3 Å². The van der Waals surface area contributed by atoms with Crippen LogP contribution in [0.3, 0.4) is 0 Å². The zero-order valence-electron chi connectivity index (χ0n) is 9.79. The number of rotatable bonds is 5. The van der Waals surface area contributed by atoms with Gasteiger partial charge < -0.3 is 4.74 Å². The Morgan fingerprint density at radius 3 is 2.39 bits per heavy atom. The van der Waals surface area contributed by atoms with Crippen LogP contribution in [-0.2, 0) is 0 Å². The minimum atomic E-state index is -4.68. The van der Waals surface area contributed by atoms with Crippen LogP contribution in [0, 0.1) is 0 Å². The van der Waals surface area contributed by atoms with E-state index in [2.05, 4.69) is 0 Å². The number of hydrogen-bond acceptors (Lipinski definition) is 2. The van der Waals surface area contributed by atoms with E-state index in [-0.39, 0.29) is 11.9 Å². The Morgan fingerprint density at radius 2 is 1.89 bits per heavy atom. The molecule has 2 nitrogen and oxygen atoms in total. The highest BCUT2D eigenvalue weighted by molar-refractivity contribution is 6.01. The van der Waals surface area contributed by atoms with Crippen molar-refractivity contribution in [2.24, 2.45) is 0 Å². The van der Waals surface area contributed by atoms with Gasteiger partial charge in [0.15, 0.2) is 0 Å². The molecule has 1 aromatic carbocycles. The molecular formula is C12H12F4O2. The number of ketones is 1. The highest BCUT2D eigenvalue weighted by atomic mass is 19.3. The average Bonchev–Trinajstić information content (AvgIpc) is 2.27. The summed E-state index contributed by atoms with van der Waals surface area (Å²) in [7, 11) is 0. The van der Waals surface area contributed by atoms with E-state index in [9.17, 15) is 22.4 Å². The molecule has 0 aliphatic rings. The standard InChI is InChI=1S/C12H12F4O2/c1-7(2)18-9-5-3-4-8(6-9)10(17)12(15,16)11(13)14/h3-7,11H,1-2H3. The summed E-state index contributed by atoms with van der Waals surface area (Å²) in [6.07, 6.45) is -4.24. The van der Waals surface area contributed by atoms with Crippen molar-refractivity contribution in [1.29, 1.82) is 0 Å². The molecule has 0 aliphatic heterocycles. The molecule has 18 heavy (non-hydrogen) atoms. The molecule has 0 spiro atoms. The number of Topliss-reactive ketones (excluding diaryl/α,β-unsaturated/α-hetero) is 1. The first kappa shape index (κ1) is 14.5. The van der Waals surface area contributed by atoms with Gasteiger partial charge in [0.05, 0.1) is 6.10 Å². The van der Waals surface area contributed by atoms with Crippen molar-refractivity contribution in [1.82, 2.24) is 0 Å². The average molecular weight is 264 g/mol. The Morgan fingerprint density at radius 1 is 1.28 bits per heavy atom. The van der Waals surface area contributed by atoms with Crippen LogP contribution in [0.5, 0.6) is 5.75 Å². The molecule has 0 radical (unpaired) electrons. The van der Waals surface area contributed by atoms with E-state index in [0.717, 1.165) is 12.1 Å². The smallest absolute Gasteiger partial charge is 0.368 e. The largest absolute Gasteiger partial charge is 0.491 e. The second kappa shape index (κ2) is 5.37. The molecule has 0 fully saturated rings. The normalized spacial score (nSPS) is 12.0. The Labute approximate surface area is 102 Å². The van der Waals surface area contributed by atoms with Gasteiger partial charge >= 0.3 is 12.3 Å². The predicted molar refractivity (Wildman–Crippen MR) is 57.5 cm³/mol. The SMILES string of the molecule is CC(C)Oc1cccc(C(=O)C(F)(F)C(F)F)c1. The fraction of sp³-hybridized carbons (Fsp3) is 0.417. The van der Waals surface area contributed by atoms with Crippen LogP contribution in [0.2, 0.25) is 0 Å². The van der Waals surface area contributed by atoms with E-state index in [1.54, 1.807) is 13.8 Å². The predicted octanol–water partition coefficient (Wildman–Crippen LogP) is 3.56. The van der Waals surface area contributed by atoms with Gasteiger partial charge in [-0.3, -0.25) is 4.79 Å². The van der Waals surface area contributed by atoms with Crippen LogP contribution in [0.25, 0.3) is 0 Å². The first-order valence-electron chi connectivity index (χ1n) is 5.22. The van der Waals surface area contributed by atoms with E-state index in [0.29, 0.717) is 0 Å². The summed E-state index contributed by atoms with van der Waals surface area (Å²) >= 11 is 0. The van der Waals surface area contributed by atoms with Crippen molar-refractivity contribution in [2.45, 2.75) is 32.3 Å². The molecule has 0 saturated heterocycles. The summed E-state index contributed by atoms with van der Waals surface area (Å²) in [5.74, 6) is -6.41. The van der Waals surface area contributed by atoms with Gasteiger partial charge in [0.25, 0.3) is 0 Å². The van der Waals surface area contributed by atoms with Crippen LogP contribution < -0.4 is 4.74 Å². The molecule has 0 saturated carbocycles. The number of carbonyl (C=O) groups is 1. The highest BCUT2D eigenvalue weighted by Crippen LogP contribution is 2.28. The second-order valence-corrected chi connectivity index (χ2v) is 3.95. The van der Waals surface area contributed by atoms with Gasteiger partial charge in [-0.05, 0) is 26.0 Å². The van der Waals surface area contributed by atoms with Crippen LogP contribution in [0.1, 0.15) is 24.2 Å². The minimum Gasteiger partial charge on any atom is -0.491 e. The maximum absolute atomic E-state index is 12.9. The van der Waals surface area contributed by atoms with Gasteiger partial charge in [0, 0.05) is 5.56 Å². The number of hydrogen-bond donors (Lipinski definition) is 0. The fourth-order valence-corrected chi connectivity index (χ4v) is 1.27. The van der Waals surface area contributed by atoms with Crippen molar-refractivity contribution in [2.75, 3.05) is 0 Å². The summed E-state index contributed by atoms with van der Waals surface area (Å²) in [5.41, 5.74) is -0.501. The zero-order valence-corrected chi connectivity index (χ0v) is 9.79. The molecule has 0 bridgehead atoms. The zero-order chi connectivity index (χ0) is 13.9. The minimum absolute atomic E-state index is 0.181. The third-order valence-electron chi connectivity index (χ3n) is 2.04. The van der Waals surface area contributed by atoms with Crippen molar-refractivity contribution in [3.63, 3.8) is 0 Å². The number of benzene rings is 1. The summed E-state index contributed by atoms with van der Waals surface area (Å²) in [6, 6.07) is 4.83. The lowest BCUT2D eigenvalue weighted by Gasteiger charge is -2.15. The van der Waals surface area contributed by atoms with E-state index in [1.807, 2.05) is 0 Å². The molecule has 0 aromatic heterocycles. The Hall–Kier alpha value is -1.59. The van der Waals surface area contributed by atoms with Crippen molar-refractivity contribution in [3.8, 4) is 5.75 Å². The van der Waals surface area contributed by atoms with E-state index >= 15 is 0 Å². The third kappa shape index (κ3) is 3.21. The molecule has 100 valence electrons. The summed E-state index contributed by atoms with van der Waals surface area (Å²) in [4.78, 5) is 11.3. The molecule has 0 amide bonds. The maximum atomic E-state index is 12.9. The highest BCUT2D eigenvalue weighted by Gasteiger charge is 2.49. The lowest BCUT2D eigenvalue weighted by molar-refractivity contribution is -0.0958. The molecule has 0 aliphatic carbocycles. The van der Waals surface area contributed by atoms with E-state index in [1.165, 1.54) is 12.1 Å². The summed E-state index contributed by atoms with van der Waals surface area (Å²) in [6.45, 7) is 3.42. The Kier molecular flexibility index (Phi) is 4.32. The molecule has 0 unspecified atom stereocenters. The first-order chi connectivity index (χ1) is 8.25. The molecule has 1 aromatic rings. The lowest BCUT2D eigenvalue weighted by Crippen LogP contribution is -2.36.